The molecule has 63 heavy (non-hydrogen) atoms. The van der Waals surface area contributed by atoms with Crippen molar-refractivity contribution < 1.29 is 0 Å². The molecule has 4 bridgehead atoms. The minimum Gasteiger partial charge on any atom is -0.310 e. The van der Waals surface area contributed by atoms with E-state index in [9.17, 15) is 0 Å². The first-order chi connectivity index (χ1) is 31.1. The van der Waals surface area contributed by atoms with Gasteiger partial charge in [-0.15, -0.1) is 0 Å². The van der Waals surface area contributed by atoms with Crippen LogP contribution in [0.2, 0.25) is 0 Å². The van der Waals surface area contributed by atoms with Crippen molar-refractivity contribution in [3.8, 4) is 11.1 Å². The molecule has 8 aromatic carbocycles. The van der Waals surface area contributed by atoms with Crippen LogP contribution in [0.1, 0.15) is 62.5 Å². The second-order valence-electron chi connectivity index (χ2n) is 21.1. The molecule has 8 aliphatic rings. The van der Waals surface area contributed by atoms with Gasteiger partial charge in [-0.3, -0.25) is 0 Å². The molecule has 0 heterocycles. The molecule has 306 valence electrons. The Morgan fingerprint density at radius 3 is 1.21 bits per heavy atom. The van der Waals surface area contributed by atoms with E-state index in [-0.39, 0.29) is 0 Å². The van der Waals surface area contributed by atoms with Crippen molar-refractivity contribution in [1.82, 2.24) is 0 Å². The average molecular weight is 813 g/mol. The first kappa shape index (κ1) is 35.4. The maximum Gasteiger partial charge on any atom is 0.0540 e. The van der Waals surface area contributed by atoms with Crippen molar-refractivity contribution in [2.75, 3.05) is 9.80 Å². The highest BCUT2D eigenvalue weighted by atomic mass is 15.1. The summed E-state index contributed by atoms with van der Waals surface area (Å²) in [6.45, 7) is 0. The van der Waals surface area contributed by atoms with E-state index in [1.165, 1.54) is 118 Å². The van der Waals surface area contributed by atoms with Crippen LogP contribution in [0, 0.1) is 40.9 Å². The zero-order chi connectivity index (χ0) is 41.1. The van der Waals surface area contributed by atoms with E-state index in [2.05, 4.69) is 192 Å². The number of rotatable bonds is 9. The van der Waals surface area contributed by atoms with Crippen molar-refractivity contribution >= 4 is 55.7 Å². The van der Waals surface area contributed by atoms with Crippen molar-refractivity contribution in [1.29, 1.82) is 0 Å². The molecule has 8 fully saturated rings. The highest BCUT2D eigenvalue weighted by Crippen LogP contribution is 2.92. The Labute approximate surface area is 371 Å². The van der Waals surface area contributed by atoms with Crippen LogP contribution in [0.3, 0.4) is 0 Å². The molecule has 2 heteroatoms. The first-order valence-corrected chi connectivity index (χ1v) is 24.1. The summed E-state index contributed by atoms with van der Waals surface area (Å²) in [4.78, 5) is 4.95. The minimum absolute atomic E-state index is 0.431. The highest BCUT2D eigenvalue weighted by Gasteiger charge is 2.87. The number of anilines is 6. The van der Waals surface area contributed by atoms with Crippen molar-refractivity contribution in [2.24, 2.45) is 40.9 Å². The number of hydrogen-bond acceptors (Lipinski definition) is 2. The van der Waals surface area contributed by atoms with Gasteiger partial charge in [-0.25, -0.2) is 0 Å². The van der Waals surface area contributed by atoms with Crippen LogP contribution in [-0.4, -0.2) is 0 Å². The van der Waals surface area contributed by atoms with E-state index in [1.54, 1.807) is 11.1 Å². The molecule has 16 rings (SSSR count). The van der Waals surface area contributed by atoms with Crippen molar-refractivity contribution in [2.45, 2.75) is 62.2 Å². The Balaban J connectivity index is 0.769. The lowest BCUT2D eigenvalue weighted by Crippen LogP contribution is -2.87. The lowest BCUT2D eigenvalue weighted by Gasteiger charge is -2.91. The van der Waals surface area contributed by atoms with Gasteiger partial charge in [0.05, 0.1) is 11.4 Å². The average Bonchev–Trinajstić information content (AvgIpc) is 4.08. The topological polar surface area (TPSA) is 6.48 Å². The first-order valence-electron chi connectivity index (χ1n) is 24.1. The SMILES string of the molecule is c1ccc2c(N(c3ccc(-c4ccc(N(c5ccc(C67CC8CC9CC(C6)C987)cc5)c5cccc6ccccc56)cc4)cc3)c3ccc(C45CC6CC4CC6C5)cc3)cccc2c1. The molecule has 4 atom stereocenters. The van der Waals surface area contributed by atoms with Gasteiger partial charge in [-0.05, 0) is 191 Å². The maximum atomic E-state index is 2.50. The number of fused-ring (bicyclic) bond motifs is 2. The molecular formula is C61H52N2. The van der Waals surface area contributed by atoms with Crippen LogP contribution in [0.4, 0.5) is 34.1 Å². The Hall–Kier alpha value is -6.12. The quantitative estimate of drug-likeness (QED) is 0.143. The largest absolute Gasteiger partial charge is 0.310 e. The molecule has 2 nitrogen and oxygen atoms in total. The number of hydrogen-bond donors (Lipinski definition) is 0. The van der Waals surface area contributed by atoms with E-state index in [1.807, 2.05) is 0 Å². The normalized spacial score (nSPS) is 30.9. The molecule has 8 aromatic rings. The molecule has 0 radical (unpaired) electrons. The van der Waals surface area contributed by atoms with Gasteiger partial charge in [0.1, 0.15) is 0 Å². The molecule has 4 unspecified atom stereocenters. The van der Waals surface area contributed by atoms with Crippen molar-refractivity contribution in [3.05, 3.63) is 193 Å². The molecule has 8 saturated carbocycles. The summed E-state index contributed by atoms with van der Waals surface area (Å²) >= 11 is 0. The molecule has 0 aliphatic heterocycles. The maximum absolute atomic E-state index is 2.50. The second kappa shape index (κ2) is 12.5. The van der Waals surface area contributed by atoms with Crippen LogP contribution in [0.5, 0.6) is 0 Å². The van der Waals surface area contributed by atoms with Gasteiger partial charge in [-0.1, -0.05) is 121 Å². The molecule has 0 amide bonds. The smallest absolute Gasteiger partial charge is 0.0540 e. The Morgan fingerprint density at radius 2 is 0.778 bits per heavy atom. The van der Waals surface area contributed by atoms with Crippen LogP contribution >= 0.6 is 0 Å². The zero-order valence-electron chi connectivity index (χ0n) is 35.8. The van der Waals surface area contributed by atoms with Crippen LogP contribution < -0.4 is 9.80 Å². The minimum atomic E-state index is 0.431. The van der Waals surface area contributed by atoms with E-state index in [0.29, 0.717) is 16.2 Å². The summed E-state index contributed by atoms with van der Waals surface area (Å²) in [5.41, 5.74) is 14.4. The summed E-state index contributed by atoms with van der Waals surface area (Å²) in [6, 6.07) is 69.2. The molecular weight excluding hydrogens is 761 g/mol. The molecule has 0 aromatic heterocycles. The third-order valence-corrected chi connectivity index (χ3v) is 19.0. The van der Waals surface area contributed by atoms with Crippen LogP contribution in [0.25, 0.3) is 32.7 Å². The summed E-state index contributed by atoms with van der Waals surface area (Å²) in [5.74, 6) is 5.88. The Kier molecular flexibility index (Phi) is 7.03. The zero-order valence-corrected chi connectivity index (χ0v) is 35.8. The van der Waals surface area contributed by atoms with Crippen molar-refractivity contribution in [3.63, 3.8) is 0 Å². The van der Waals surface area contributed by atoms with Gasteiger partial charge in [0, 0.05) is 38.9 Å². The predicted octanol–water partition coefficient (Wildman–Crippen LogP) is 16.0. The number of nitrogens with zero attached hydrogens (tertiary/aromatic N) is 2. The monoisotopic (exact) mass is 812 g/mol. The van der Waals surface area contributed by atoms with Gasteiger partial charge in [0.15, 0.2) is 0 Å². The van der Waals surface area contributed by atoms with E-state index >= 15 is 0 Å². The highest BCUT2D eigenvalue weighted by molar-refractivity contribution is 6.00. The van der Waals surface area contributed by atoms with Gasteiger partial charge in [-0.2, -0.15) is 0 Å². The lowest BCUT2D eigenvalue weighted by atomic mass is 9.12. The molecule has 0 saturated heterocycles. The van der Waals surface area contributed by atoms with Gasteiger partial charge >= 0.3 is 0 Å². The van der Waals surface area contributed by atoms with E-state index in [4.69, 9.17) is 0 Å². The fourth-order valence-corrected chi connectivity index (χ4v) is 16.5. The van der Waals surface area contributed by atoms with Crippen LogP contribution in [-0.2, 0) is 10.8 Å². The fourth-order valence-electron chi connectivity index (χ4n) is 16.5. The lowest BCUT2D eigenvalue weighted by molar-refractivity contribution is -0.395. The standard InChI is InChI=1S/C61H52N2/c1-3-11-55-41(7-1)9-5-13-57(55)62(53-27-19-45(20-28-53)59-35-43-31-47(59)32-44(43)36-59)51-23-15-39(16-24-51)40-17-25-52(26-18-40)63(58-14-6-10-42-8-2-4-12-56(42)58)54-29-21-46(22-30-54)60-37-49-33-48-34-50(38-60)61(48,49)60/h1-30,43-44,47-50H,31-38H2. The summed E-state index contributed by atoms with van der Waals surface area (Å²) < 4.78 is 0. The predicted molar refractivity (Wildman–Crippen MR) is 260 cm³/mol. The van der Waals surface area contributed by atoms with Crippen LogP contribution in [0.15, 0.2) is 182 Å². The van der Waals surface area contributed by atoms with E-state index in [0.717, 1.165) is 35.5 Å². The number of benzene rings is 8. The second-order valence-corrected chi connectivity index (χ2v) is 21.1. The third kappa shape index (κ3) is 4.55. The summed E-state index contributed by atoms with van der Waals surface area (Å²) in [6.07, 6.45) is 11.6. The van der Waals surface area contributed by atoms with E-state index < -0.39 is 0 Å². The fraction of sp³-hybridized carbons (Fsp3) is 0.279. The molecule has 1 spiro atoms. The Bertz CT molecular complexity index is 3080. The third-order valence-electron chi connectivity index (χ3n) is 19.0. The Morgan fingerprint density at radius 1 is 0.349 bits per heavy atom. The van der Waals surface area contributed by atoms with Gasteiger partial charge in [0.25, 0.3) is 0 Å². The summed E-state index contributed by atoms with van der Waals surface area (Å²) in [5, 5.41) is 5.06. The molecule has 0 N–H and O–H groups in total. The van der Waals surface area contributed by atoms with Gasteiger partial charge < -0.3 is 9.80 Å². The summed E-state index contributed by atoms with van der Waals surface area (Å²) in [7, 11) is 0. The molecule has 8 aliphatic carbocycles. The van der Waals surface area contributed by atoms with Gasteiger partial charge in [0.2, 0.25) is 0 Å².